The minimum atomic E-state index is -0.184. The number of hydrogen-bond acceptors (Lipinski definition) is 6. The van der Waals surface area contributed by atoms with E-state index in [0.717, 1.165) is 38.5 Å². The minimum Gasteiger partial charge on any atom is -0.383 e. The molecule has 122 valence electrons. The van der Waals surface area contributed by atoms with E-state index in [-0.39, 0.29) is 5.91 Å². The fourth-order valence-electron chi connectivity index (χ4n) is 2.48. The average Bonchev–Trinajstić information content (AvgIpc) is 2.54. The molecule has 0 radical (unpaired) electrons. The monoisotopic (exact) mass is 307 g/mol. The lowest BCUT2D eigenvalue weighted by molar-refractivity contribution is 0.0931. The Morgan fingerprint density at radius 3 is 2.68 bits per heavy atom. The Kier molecular flexibility index (Phi) is 6.09. The first-order valence-electron chi connectivity index (χ1n) is 7.74. The molecule has 0 aliphatic carbocycles. The van der Waals surface area contributed by atoms with Gasteiger partial charge in [-0.3, -0.25) is 4.79 Å². The second-order valence-electron chi connectivity index (χ2n) is 5.33. The van der Waals surface area contributed by atoms with E-state index in [9.17, 15) is 4.79 Å². The Morgan fingerprint density at radius 2 is 2.05 bits per heavy atom. The number of likely N-dealkylation sites (N-methyl/N-ethyl adjacent to an activating group) is 1. The molecule has 0 unspecified atom stereocenters. The number of carbonyl (C=O) groups excluding carboxylic acids is 1. The zero-order chi connectivity index (χ0) is 15.9. The first kappa shape index (κ1) is 16.6. The molecule has 0 aromatic carbocycles. The van der Waals surface area contributed by atoms with Crippen molar-refractivity contribution in [3.05, 3.63) is 17.6 Å². The largest absolute Gasteiger partial charge is 0.383 e. The highest BCUT2D eigenvalue weighted by Crippen LogP contribution is 2.15. The van der Waals surface area contributed by atoms with E-state index in [4.69, 9.17) is 4.74 Å². The lowest BCUT2D eigenvalue weighted by Gasteiger charge is -2.34. The van der Waals surface area contributed by atoms with E-state index in [2.05, 4.69) is 32.0 Å². The summed E-state index contributed by atoms with van der Waals surface area (Å²) in [7, 11) is 1.61. The predicted octanol–water partition coefficient (Wildman–Crippen LogP) is 0.303. The molecule has 1 aliphatic heterocycles. The van der Waals surface area contributed by atoms with Crippen LogP contribution in [0.1, 0.15) is 23.2 Å². The third kappa shape index (κ3) is 4.38. The van der Waals surface area contributed by atoms with Gasteiger partial charge < -0.3 is 19.9 Å². The van der Waals surface area contributed by atoms with Gasteiger partial charge in [0.25, 0.3) is 5.91 Å². The van der Waals surface area contributed by atoms with Gasteiger partial charge in [-0.1, -0.05) is 6.92 Å². The van der Waals surface area contributed by atoms with E-state index in [1.807, 2.05) is 6.92 Å². The van der Waals surface area contributed by atoms with Crippen molar-refractivity contribution in [2.75, 3.05) is 57.9 Å². The molecule has 7 heteroatoms. The Morgan fingerprint density at radius 1 is 1.32 bits per heavy atom. The summed E-state index contributed by atoms with van der Waals surface area (Å²) in [5.41, 5.74) is 0.413. The highest BCUT2D eigenvalue weighted by Gasteiger charge is 2.19. The number of piperazine rings is 1. The summed E-state index contributed by atoms with van der Waals surface area (Å²) in [5.74, 6) is 1.27. The number of anilines is 1. The molecule has 22 heavy (non-hydrogen) atoms. The first-order valence-corrected chi connectivity index (χ1v) is 7.74. The third-order valence-electron chi connectivity index (χ3n) is 3.79. The second kappa shape index (κ2) is 8.05. The fraction of sp³-hybridized carbons (Fsp3) is 0.667. The SMILES string of the molecule is CCN1CCN(c2cc(C(=O)NCCOC)nc(C)n2)CC1. The summed E-state index contributed by atoms with van der Waals surface area (Å²) < 4.78 is 4.93. The summed E-state index contributed by atoms with van der Waals surface area (Å²) in [5, 5.41) is 2.79. The van der Waals surface area contributed by atoms with Crippen molar-refractivity contribution in [2.24, 2.45) is 0 Å². The third-order valence-corrected chi connectivity index (χ3v) is 3.79. The van der Waals surface area contributed by atoms with Crippen LogP contribution in [0, 0.1) is 6.92 Å². The van der Waals surface area contributed by atoms with Crippen molar-refractivity contribution < 1.29 is 9.53 Å². The zero-order valence-electron chi connectivity index (χ0n) is 13.6. The summed E-state index contributed by atoms with van der Waals surface area (Å²) in [6.07, 6.45) is 0. The van der Waals surface area contributed by atoms with Gasteiger partial charge in [-0.15, -0.1) is 0 Å². The lowest BCUT2D eigenvalue weighted by Crippen LogP contribution is -2.46. The molecule has 1 aromatic heterocycles. The van der Waals surface area contributed by atoms with Crippen LogP contribution in [-0.4, -0.2) is 73.8 Å². The number of nitrogens with zero attached hydrogens (tertiary/aromatic N) is 4. The quantitative estimate of drug-likeness (QED) is 0.763. The Hall–Kier alpha value is -1.73. The molecule has 2 heterocycles. The molecule has 0 spiro atoms. The van der Waals surface area contributed by atoms with Crippen molar-refractivity contribution in [3.8, 4) is 0 Å². The lowest BCUT2D eigenvalue weighted by atomic mass is 10.3. The van der Waals surface area contributed by atoms with Gasteiger partial charge in [-0.25, -0.2) is 9.97 Å². The number of aromatic nitrogens is 2. The van der Waals surface area contributed by atoms with Crippen LogP contribution in [-0.2, 0) is 4.74 Å². The van der Waals surface area contributed by atoms with Crippen LogP contribution in [0.15, 0.2) is 6.07 Å². The molecule has 1 saturated heterocycles. The predicted molar refractivity (Wildman–Crippen MR) is 85.3 cm³/mol. The number of nitrogens with one attached hydrogen (secondary N) is 1. The van der Waals surface area contributed by atoms with Crippen LogP contribution in [0.3, 0.4) is 0 Å². The molecule has 1 amide bonds. The molecule has 1 aliphatic rings. The molecular formula is C15H25N5O2. The Bertz CT molecular complexity index is 501. The van der Waals surface area contributed by atoms with Crippen LogP contribution in [0.5, 0.6) is 0 Å². The summed E-state index contributed by atoms with van der Waals surface area (Å²) in [6, 6.07) is 1.77. The van der Waals surface area contributed by atoms with E-state index >= 15 is 0 Å². The molecule has 0 bridgehead atoms. The number of methoxy groups -OCH3 is 1. The van der Waals surface area contributed by atoms with Crippen molar-refractivity contribution >= 4 is 11.7 Å². The van der Waals surface area contributed by atoms with Crippen LogP contribution >= 0.6 is 0 Å². The minimum absolute atomic E-state index is 0.184. The molecule has 1 fully saturated rings. The van der Waals surface area contributed by atoms with Crippen LogP contribution in [0.4, 0.5) is 5.82 Å². The Balaban J connectivity index is 2.05. The van der Waals surface area contributed by atoms with Gasteiger partial charge in [0.1, 0.15) is 17.3 Å². The maximum Gasteiger partial charge on any atom is 0.270 e. The van der Waals surface area contributed by atoms with Crippen molar-refractivity contribution in [1.29, 1.82) is 0 Å². The van der Waals surface area contributed by atoms with Gasteiger partial charge in [-0.2, -0.15) is 0 Å². The van der Waals surface area contributed by atoms with Crippen LogP contribution in [0.2, 0.25) is 0 Å². The Labute approximate surface area is 131 Å². The molecule has 0 atom stereocenters. The summed E-state index contributed by atoms with van der Waals surface area (Å²) >= 11 is 0. The maximum absolute atomic E-state index is 12.1. The van der Waals surface area contributed by atoms with Gasteiger partial charge in [0.15, 0.2) is 0 Å². The standard InChI is InChI=1S/C15H25N5O2/c1-4-19-6-8-20(9-7-19)14-11-13(17-12(2)18-14)15(21)16-5-10-22-3/h11H,4-10H2,1-3H3,(H,16,21). The van der Waals surface area contributed by atoms with E-state index in [1.165, 1.54) is 0 Å². The highest BCUT2D eigenvalue weighted by atomic mass is 16.5. The van der Waals surface area contributed by atoms with Gasteiger partial charge >= 0.3 is 0 Å². The fourth-order valence-corrected chi connectivity index (χ4v) is 2.48. The molecule has 1 aromatic rings. The molecule has 1 N–H and O–H groups in total. The highest BCUT2D eigenvalue weighted by molar-refractivity contribution is 5.92. The maximum atomic E-state index is 12.1. The summed E-state index contributed by atoms with van der Waals surface area (Å²) in [4.78, 5) is 25.5. The van der Waals surface area contributed by atoms with Gasteiger partial charge in [0.05, 0.1) is 6.61 Å². The van der Waals surface area contributed by atoms with Gasteiger partial charge in [0, 0.05) is 45.9 Å². The molecule has 2 rings (SSSR count). The normalized spacial score (nSPS) is 15.9. The second-order valence-corrected chi connectivity index (χ2v) is 5.33. The van der Waals surface area contributed by atoms with E-state index in [0.29, 0.717) is 24.7 Å². The number of hydrogen-bond donors (Lipinski definition) is 1. The molecule has 0 saturated carbocycles. The van der Waals surface area contributed by atoms with Crippen molar-refractivity contribution in [2.45, 2.75) is 13.8 Å². The topological polar surface area (TPSA) is 70.6 Å². The number of rotatable bonds is 6. The number of ether oxygens (including phenoxy) is 1. The van der Waals surface area contributed by atoms with Gasteiger partial charge in [-0.05, 0) is 13.5 Å². The van der Waals surface area contributed by atoms with E-state index in [1.54, 1.807) is 13.2 Å². The first-order chi connectivity index (χ1) is 10.6. The van der Waals surface area contributed by atoms with Crippen LogP contribution < -0.4 is 10.2 Å². The number of carbonyl (C=O) groups is 1. The number of amides is 1. The van der Waals surface area contributed by atoms with Crippen molar-refractivity contribution in [3.63, 3.8) is 0 Å². The van der Waals surface area contributed by atoms with E-state index < -0.39 is 0 Å². The molecule has 7 nitrogen and oxygen atoms in total. The number of aryl methyl sites for hydroxylation is 1. The summed E-state index contributed by atoms with van der Waals surface area (Å²) in [6.45, 7) is 9.92. The zero-order valence-corrected chi connectivity index (χ0v) is 13.6. The van der Waals surface area contributed by atoms with Gasteiger partial charge in [0.2, 0.25) is 0 Å². The van der Waals surface area contributed by atoms with Crippen molar-refractivity contribution in [1.82, 2.24) is 20.2 Å². The molecular weight excluding hydrogens is 282 g/mol. The smallest absolute Gasteiger partial charge is 0.270 e. The van der Waals surface area contributed by atoms with Crippen LogP contribution in [0.25, 0.3) is 0 Å². The average molecular weight is 307 g/mol.